The van der Waals surface area contributed by atoms with Crippen LogP contribution >= 0.6 is 23.4 Å². The molecule has 0 bridgehead atoms. The van der Waals surface area contributed by atoms with E-state index in [0.29, 0.717) is 27.4 Å². The van der Waals surface area contributed by atoms with Gasteiger partial charge in [-0.05, 0) is 42.5 Å². The van der Waals surface area contributed by atoms with Gasteiger partial charge >= 0.3 is 0 Å². The number of carbonyl (C=O) groups excluding carboxylic acids is 1. The second-order valence-electron chi connectivity index (χ2n) is 5.74. The largest absolute Gasteiger partial charge is 0.325 e. The minimum atomic E-state index is -0.159. The van der Waals surface area contributed by atoms with Gasteiger partial charge < -0.3 is 5.32 Å². The number of hydrogen-bond donors (Lipinski definition) is 1. The molecule has 9 heteroatoms. The number of amides is 1. The maximum absolute atomic E-state index is 12.3. The first-order valence-corrected chi connectivity index (χ1v) is 9.76. The fourth-order valence-electron chi connectivity index (χ4n) is 2.57. The molecule has 0 aliphatic heterocycles. The molecule has 0 saturated heterocycles. The van der Waals surface area contributed by atoms with Crippen molar-refractivity contribution in [3.63, 3.8) is 0 Å². The van der Waals surface area contributed by atoms with Crippen LogP contribution in [0.1, 0.15) is 0 Å². The molecule has 0 saturated carbocycles. The molecule has 7 nitrogen and oxygen atoms in total. The maximum Gasteiger partial charge on any atom is 0.234 e. The Labute approximate surface area is 170 Å². The Balaban J connectivity index is 1.55. The number of rotatable bonds is 6. The van der Waals surface area contributed by atoms with E-state index >= 15 is 0 Å². The van der Waals surface area contributed by atoms with Crippen LogP contribution in [0.2, 0.25) is 5.02 Å². The van der Waals surface area contributed by atoms with Crippen molar-refractivity contribution < 1.29 is 4.79 Å². The Morgan fingerprint density at radius 1 is 1.07 bits per heavy atom. The summed E-state index contributed by atoms with van der Waals surface area (Å²) in [5.74, 6) is 0.608. The van der Waals surface area contributed by atoms with Crippen LogP contribution in [0, 0.1) is 0 Å². The van der Waals surface area contributed by atoms with Crippen molar-refractivity contribution >= 4 is 35.0 Å². The zero-order chi connectivity index (χ0) is 19.3. The number of nitrogens with one attached hydrogen (secondary N) is 1. The quantitative estimate of drug-likeness (QED) is 0.489. The highest BCUT2D eigenvalue weighted by Gasteiger charge is 2.17. The second-order valence-corrected chi connectivity index (χ2v) is 7.12. The monoisotopic (exact) mass is 410 g/mol. The molecule has 1 N–H and O–H groups in total. The molecule has 0 unspecified atom stereocenters. The number of pyridine rings is 1. The minimum absolute atomic E-state index is 0.159. The van der Waals surface area contributed by atoms with Crippen LogP contribution < -0.4 is 5.32 Å². The molecule has 1 aromatic carbocycles. The summed E-state index contributed by atoms with van der Waals surface area (Å²) in [5.41, 5.74) is 1.35. The molecule has 0 aliphatic rings. The smallest absolute Gasteiger partial charge is 0.234 e. The summed E-state index contributed by atoms with van der Waals surface area (Å²) in [6.45, 7) is 0. The van der Waals surface area contributed by atoms with Gasteiger partial charge in [0.25, 0.3) is 0 Å². The van der Waals surface area contributed by atoms with E-state index in [-0.39, 0.29) is 11.7 Å². The lowest BCUT2D eigenvalue weighted by molar-refractivity contribution is -0.113. The lowest BCUT2D eigenvalue weighted by atomic mass is 10.3. The normalized spacial score (nSPS) is 10.8. The SMILES string of the molecule is O=C(CSc1nnc(-c2ccccn2)n1-n1cccc1)Nc1cccc(Cl)c1. The summed E-state index contributed by atoms with van der Waals surface area (Å²) < 4.78 is 3.67. The van der Waals surface area contributed by atoms with Gasteiger partial charge in [-0.1, -0.05) is 35.5 Å². The van der Waals surface area contributed by atoms with Crippen molar-refractivity contribution in [3.05, 3.63) is 78.2 Å². The van der Waals surface area contributed by atoms with Gasteiger partial charge in [0.2, 0.25) is 16.9 Å². The van der Waals surface area contributed by atoms with Crippen LogP contribution in [0.3, 0.4) is 0 Å². The third-order valence-corrected chi connectivity index (χ3v) is 4.92. The number of hydrogen-bond acceptors (Lipinski definition) is 5. The molecule has 28 heavy (non-hydrogen) atoms. The Bertz CT molecular complexity index is 1080. The summed E-state index contributed by atoms with van der Waals surface area (Å²) in [5, 5.41) is 12.5. The summed E-state index contributed by atoms with van der Waals surface area (Å²) in [6, 6.07) is 16.4. The molecular weight excluding hydrogens is 396 g/mol. The van der Waals surface area contributed by atoms with Gasteiger partial charge in [0, 0.05) is 29.3 Å². The van der Waals surface area contributed by atoms with E-state index in [2.05, 4.69) is 20.5 Å². The first-order valence-electron chi connectivity index (χ1n) is 8.39. The molecule has 1 amide bonds. The van der Waals surface area contributed by atoms with Gasteiger partial charge in [-0.15, -0.1) is 10.2 Å². The van der Waals surface area contributed by atoms with Gasteiger partial charge in [-0.3, -0.25) is 14.5 Å². The zero-order valence-electron chi connectivity index (χ0n) is 14.6. The van der Waals surface area contributed by atoms with E-state index < -0.39 is 0 Å². The van der Waals surface area contributed by atoms with Gasteiger partial charge in [0.1, 0.15) is 5.69 Å². The van der Waals surface area contributed by atoms with E-state index in [4.69, 9.17) is 11.6 Å². The Kier molecular flexibility index (Phi) is 5.41. The third-order valence-electron chi connectivity index (χ3n) is 3.77. The highest BCUT2D eigenvalue weighted by atomic mass is 35.5. The van der Waals surface area contributed by atoms with Crippen molar-refractivity contribution in [1.82, 2.24) is 24.5 Å². The fourth-order valence-corrected chi connectivity index (χ4v) is 3.49. The number of anilines is 1. The second kappa shape index (κ2) is 8.28. The Morgan fingerprint density at radius 2 is 1.93 bits per heavy atom. The molecule has 0 atom stereocenters. The Hall–Kier alpha value is -3.10. The van der Waals surface area contributed by atoms with Gasteiger partial charge in [0.05, 0.1) is 5.75 Å². The highest BCUT2D eigenvalue weighted by Crippen LogP contribution is 2.23. The maximum atomic E-state index is 12.3. The van der Waals surface area contributed by atoms with Crippen molar-refractivity contribution in [3.8, 4) is 11.5 Å². The van der Waals surface area contributed by atoms with Crippen LogP contribution in [0.25, 0.3) is 11.5 Å². The lowest BCUT2D eigenvalue weighted by Crippen LogP contribution is -2.16. The minimum Gasteiger partial charge on any atom is -0.325 e. The molecule has 3 aromatic heterocycles. The molecule has 3 heterocycles. The Morgan fingerprint density at radius 3 is 2.68 bits per heavy atom. The number of halogens is 1. The summed E-state index contributed by atoms with van der Waals surface area (Å²) in [6.07, 6.45) is 5.47. The molecule has 0 spiro atoms. The van der Waals surface area contributed by atoms with E-state index in [1.165, 1.54) is 11.8 Å². The third kappa shape index (κ3) is 4.08. The predicted octanol–water partition coefficient (Wildman–Crippen LogP) is 3.84. The van der Waals surface area contributed by atoms with Crippen LogP contribution in [0.5, 0.6) is 0 Å². The number of carbonyl (C=O) groups is 1. The van der Waals surface area contributed by atoms with E-state index in [1.807, 2.05) is 52.1 Å². The number of nitrogens with zero attached hydrogens (tertiary/aromatic N) is 5. The summed E-state index contributed by atoms with van der Waals surface area (Å²) in [4.78, 5) is 16.7. The molecule has 0 radical (unpaired) electrons. The van der Waals surface area contributed by atoms with Crippen LogP contribution in [-0.2, 0) is 4.79 Å². The van der Waals surface area contributed by atoms with Crippen molar-refractivity contribution in [2.24, 2.45) is 0 Å². The van der Waals surface area contributed by atoms with Crippen LogP contribution in [-0.4, -0.2) is 36.2 Å². The van der Waals surface area contributed by atoms with Gasteiger partial charge in [-0.2, -0.15) is 0 Å². The topological polar surface area (TPSA) is 77.6 Å². The summed E-state index contributed by atoms with van der Waals surface area (Å²) >= 11 is 7.24. The number of aromatic nitrogens is 5. The first-order chi connectivity index (χ1) is 13.7. The van der Waals surface area contributed by atoms with Crippen LogP contribution in [0.15, 0.2) is 78.3 Å². The van der Waals surface area contributed by atoms with Crippen molar-refractivity contribution in [2.45, 2.75) is 5.16 Å². The molecule has 4 rings (SSSR count). The average Bonchev–Trinajstić information content (AvgIpc) is 3.36. The molecule has 140 valence electrons. The molecule has 0 fully saturated rings. The lowest BCUT2D eigenvalue weighted by Gasteiger charge is -2.11. The van der Waals surface area contributed by atoms with Crippen molar-refractivity contribution in [2.75, 3.05) is 11.1 Å². The standard InChI is InChI=1S/C19H15ClN6OS/c20-14-6-5-7-15(12-14)22-17(27)13-28-19-24-23-18(16-8-1-2-9-21-16)26(19)25-10-3-4-11-25/h1-12H,13H2,(H,22,27). The number of thioether (sulfide) groups is 1. The highest BCUT2D eigenvalue weighted by molar-refractivity contribution is 7.99. The average molecular weight is 411 g/mol. The number of benzene rings is 1. The van der Waals surface area contributed by atoms with E-state index in [0.717, 1.165) is 0 Å². The van der Waals surface area contributed by atoms with Gasteiger partial charge in [0.15, 0.2) is 0 Å². The van der Waals surface area contributed by atoms with E-state index in [1.54, 1.807) is 30.5 Å². The predicted molar refractivity (Wildman–Crippen MR) is 109 cm³/mol. The molecular formula is C19H15ClN6OS. The van der Waals surface area contributed by atoms with Crippen LogP contribution in [0.4, 0.5) is 5.69 Å². The van der Waals surface area contributed by atoms with E-state index in [9.17, 15) is 4.79 Å². The first kappa shape index (κ1) is 18.3. The fraction of sp³-hybridized carbons (Fsp3) is 0.0526. The molecule has 4 aromatic rings. The molecule has 0 aliphatic carbocycles. The van der Waals surface area contributed by atoms with Gasteiger partial charge in [-0.25, -0.2) is 4.68 Å². The summed E-state index contributed by atoms with van der Waals surface area (Å²) in [7, 11) is 0. The zero-order valence-corrected chi connectivity index (χ0v) is 16.1. The van der Waals surface area contributed by atoms with Crippen molar-refractivity contribution in [1.29, 1.82) is 0 Å².